The molecular weight excluding hydrogens is 379 g/mol. The number of piperidine rings is 1. The number of aryl methyl sites for hydroxylation is 2. The van der Waals surface area contributed by atoms with E-state index in [1.807, 2.05) is 6.92 Å². The maximum Gasteiger partial charge on any atom is 0.261 e. The van der Waals surface area contributed by atoms with E-state index in [4.69, 9.17) is 11.6 Å². The third kappa shape index (κ3) is 2.58. The van der Waals surface area contributed by atoms with Crippen molar-refractivity contribution in [2.75, 3.05) is 16.8 Å². The molecule has 1 saturated carbocycles. The van der Waals surface area contributed by atoms with Gasteiger partial charge in [0.25, 0.3) is 5.56 Å². The molecule has 1 aliphatic heterocycles. The van der Waals surface area contributed by atoms with Gasteiger partial charge in [-0.2, -0.15) is 0 Å². The van der Waals surface area contributed by atoms with Crippen LogP contribution in [0.5, 0.6) is 0 Å². The number of fused-ring (bicyclic) bond motifs is 2. The normalized spacial score (nSPS) is 20.5. The molecule has 1 N–H and O–H groups in total. The molecule has 2 heterocycles. The monoisotopic (exact) mass is 398 g/mol. The highest BCUT2D eigenvalue weighted by atomic mass is 35.5. The minimum absolute atomic E-state index is 0.136. The second kappa shape index (κ2) is 6.21. The lowest BCUT2D eigenvalue weighted by atomic mass is 10.1. The van der Waals surface area contributed by atoms with Crippen LogP contribution in [0.2, 0.25) is 5.02 Å². The summed E-state index contributed by atoms with van der Waals surface area (Å²) < 4.78 is 16.1. The Balaban J connectivity index is 1.59. The highest BCUT2D eigenvalue weighted by Crippen LogP contribution is 2.49. The molecule has 5 nitrogen and oxygen atoms in total. The molecule has 2 unspecified atom stereocenters. The van der Waals surface area contributed by atoms with Gasteiger partial charge in [0, 0.05) is 25.3 Å². The van der Waals surface area contributed by atoms with Gasteiger partial charge in [0.05, 0.1) is 33.6 Å². The lowest BCUT2D eigenvalue weighted by Gasteiger charge is -2.24. The average molecular weight is 399 g/mol. The number of halogens is 2. The van der Waals surface area contributed by atoms with Crippen molar-refractivity contribution in [3.63, 3.8) is 0 Å². The number of nitrogens with zero attached hydrogens (tertiary/aromatic N) is 3. The maximum atomic E-state index is 14.7. The van der Waals surface area contributed by atoms with E-state index in [-0.39, 0.29) is 11.2 Å². The molecule has 2 fully saturated rings. The fourth-order valence-corrected chi connectivity index (χ4v) is 4.60. The van der Waals surface area contributed by atoms with Crippen LogP contribution in [0.4, 0.5) is 21.5 Å². The van der Waals surface area contributed by atoms with Crippen LogP contribution in [0.3, 0.4) is 0 Å². The van der Waals surface area contributed by atoms with Crippen molar-refractivity contribution in [1.29, 1.82) is 0 Å². The Labute approximate surface area is 166 Å². The Bertz CT molecular complexity index is 1180. The van der Waals surface area contributed by atoms with Gasteiger partial charge in [0.15, 0.2) is 0 Å². The first-order chi connectivity index (χ1) is 13.5. The van der Waals surface area contributed by atoms with Gasteiger partial charge in [-0.25, -0.2) is 9.37 Å². The van der Waals surface area contributed by atoms with E-state index in [1.54, 1.807) is 25.2 Å². The van der Waals surface area contributed by atoms with Crippen LogP contribution < -0.4 is 15.8 Å². The fourth-order valence-electron chi connectivity index (χ4n) is 4.29. The molecule has 2 atom stereocenters. The first kappa shape index (κ1) is 17.5. The summed E-state index contributed by atoms with van der Waals surface area (Å²) in [5, 5.41) is 4.03. The number of hydrogen-bond donors (Lipinski definition) is 1. The van der Waals surface area contributed by atoms with Gasteiger partial charge in [0.1, 0.15) is 5.82 Å². The first-order valence-electron chi connectivity index (χ1n) is 9.42. The third-order valence-corrected chi connectivity index (χ3v) is 6.40. The van der Waals surface area contributed by atoms with Crippen LogP contribution >= 0.6 is 11.6 Å². The molecule has 7 heteroatoms. The molecule has 0 bridgehead atoms. The smallest absolute Gasteiger partial charge is 0.261 e. The summed E-state index contributed by atoms with van der Waals surface area (Å²) in [6, 6.07) is 7.32. The predicted molar refractivity (Wildman–Crippen MR) is 110 cm³/mol. The molecule has 0 amide bonds. The Morgan fingerprint density at radius 2 is 2.11 bits per heavy atom. The van der Waals surface area contributed by atoms with Gasteiger partial charge in [-0.1, -0.05) is 11.6 Å². The Morgan fingerprint density at radius 1 is 1.29 bits per heavy atom. The molecular formula is C21H20ClFN4O. The van der Waals surface area contributed by atoms with E-state index >= 15 is 0 Å². The molecule has 0 spiro atoms. The summed E-state index contributed by atoms with van der Waals surface area (Å²) in [5.41, 5.74) is 2.95. The van der Waals surface area contributed by atoms with Crippen molar-refractivity contribution in [2.24, 2.45) is 13.0 Å². The zero-order valence-electron chi connectivity index (χ0n) is 15.7. The molecule has 1 aliphatic carbocycles. The Hall–Kier alpha value is -2.60. The minimum atomic E-state index is -0.418. The summed E-state index contributed by atoms with van der Waals surface area (Å²) in [6.07, 6.45) is 3.86. The number of anilines is 3. The molecule has 28 heavy (non-hydrogen) atoms. The lowest BCUT2D eigenvalue weighted by Crippen LogP contribution is -2.22. The van der Waals surface area contributed by atoms with E-state index in [0.29, 0.717) is 27.7 Å². The molecule has 5 rings (SSSR count). The minimum Gasteiger partial charge on any atom is -0.367 e. The summed E-state index contributed by atoms with van der Waals surface area (Å²) in [6.45, 7) is 2.79. The molecule has 0 radical (unpaired) electrons. The number of rotatable bonds is 3. The van der Waals surface area contributed by atoms with E-state index in [2.05, 4.69) is 15.2 Å². The van der Waals surface area contributed by atoms with Crippen molar-refractivity contribution in [3.8, 4) is 0 Å². The van der Waals surface area contributed by atoms with Crippen LogP contribution in [0, 0.1) is 18.7 Å². The number of hydrogen-bond acceptors (Lipinski definition) is 4. The summed E-state index contributed by atoms with van der Waals surface area (Å²) in [4.78, 5) is 19.1. The topological polar surface area (TPSA) is 50.2 Å². The maximum absolute atomic E-state index is 14.7. The van der Waals surface area contributed by atoms with Crippen LogP contribution in [0.25, 0.3) is 10.9 Å². The number of benzene rings is 2. The third-order valence-electron chi connectivity index (χ3n) is 6.01. The van der Waals surface area contributed by atoms with Crippen LogP contribution in [0.15, 0.2) is 35.4 Å². The lowest BCUT2D eigenvalue weighted by molar-refractivity contribution is 0.631. The average Bonchev–Trinajstić information content (AvgIpc) is 3.34. The van der Waals surface area contributed by atoms with Crippen molar-refractivity contribution in [2.45, 2.75) is 25.8 Å². The van der Waals surface area contributed by atoms with Crippen molar-refractivity contribution in [1.82, 2.24) is 9.55 Å². The van der Waals surface area contributed by atoms with Gasteiger partial charge in [-0.15, -0.1) is 0 Å². The zero-order valence-corrected chi connectivity index (χ0v) is 16.4. The fraction of sp³-hybridized carbons (Fsp3) is 0.333. The summed E-state index contributed by atoms with van der Waals surface area (Å²) >= 11 is 6.63. The standard InChI is InChI=1S/C21H20ClFN4O/c1-11-14(4-5-15-18(11)21(28)26(2)10-24-15)25-20-13(23)3-6-16(19(20)22)27-8-7-12-9-17(12)27/h3-6,10,12,17,25H,7-9H2,1-2H3. The highest BCUT2D eigenvalue weighted by molar-refractivity contribution is 6.36. The van der Waals surface area contributed by atoms with E-state index in [0.717, 1.165) is 23.7 Å². The van der Waals surface area contributed by atoms with E-state index in [9.17, 15) is 9.18 Å². The molecule has 2 aromatic carbocycles. The molecule has 3 aromatic rings. The molecule has 1 aromatic heterocycles. The molecule has 144 valence electrons. The van der Waals surface area contributed by atoms with Gasteiger partial charge in [-0.3, -0.25) is 4.79 Å². The molecule has 2 aliphatic rings. The zero-order chi connectivity index (χ0) is 19.6. The second-order valence-electron chi connectivity index (χ2n) is 7.72. The van der Waals surface area contributed by atoms with Crippen LogP contribution in [0.1, 0.15) is 18.4 Å². The molecule has 1 saturated heterocycles. The quantitative estimate of drug-likeness (QED) is 0.711. The van der Waals surface area contributed by atoms with Crippen molar-refractivity contribution in [3.05, 3.63) is 57.3 Å². The Morgan fingerprint density at radius 3 is 2.82 bits per heavy atom. The summed E-state index contributed by atoms with van der Waals surface area (Å²) in [7, 11) is 1.66. The Kier molecular flexibility index (Phi) is 3.88. The van der Waals surface area contributed by atoms with Gasteiger partial charge < -0.3 is 14.8 Å². The van der Waals surface area contributed by atoms with Gasteiger partial charge >= 0.3 is 0 Å². The first-order valence-corrected chi connectivity index (χ1v) is 9.80. The van der Waals surface area contributed by atoms with Crippen LogP contribution in [-0.2, 0) is 7.05 Å². The van der Waals surface area contributed by atoms with Crippen molar-refractivity contribution < 1.29 is 4.39 Å². The number of aromatic nitrogens is 2. The van der Waals surface area contributed by atoms with Crippen molar-refractivity contribution >= 4 is 39.6 Å². The van der Waals surface area contributed by atoms with Gasteiger partial charge in [0.2, 0.25) is 0 Å². The number of nitrogens with one attached hydrogen (secondary N) is 1. The van der Waals surface area contributed by atoms with Crippen LogP contribution in [-0.4, -0.2) is 22.1 Å². The summed E-state index contributed by atoms with van der Waals surface area (Å²) in [5.74, 6) is 0.336. The highest BCUT2D eigenvalue weighted by Gasteiger charge is 2.47. The van der Waals surface area contributed by atoms with E-state index in [1.165, 1.54) is 29.8 Å². The van der Waals surface area contributed by atoms with E-state index < -0.39 is 5.82 Å². The SMILES string of the molecule is Cc1c(Nc2c(F)ccc(N3CCC4CC43)c2Cl)ccc2ncn(C)c(=O)c12. The largest absolute Gasteiger partial charge is 0.367 e. The van der Waals surface area contributed by atoms with Gasteiger partial charge in [-0.05, 0) is 55.5 Å². The second-order valence-corrected chi connectivity index (χ2v) is 8.10. The predicted octanol–water partition coefficient (Wildman–Crippen LogP) is 4.38.